The zero-order valence-electron chi connectivity index (χ0n) is 21.5. The van der Waals surface area contributed by atoms with Gasteiger partial charge < -0.3 is 14.2 Å². The van der Waals surface area contributed by atoms with Gasteiger partial charge in [-0.25, -0.2) is 14.4 Å². The summed E-state index contributed by atoms with van der Waals surface area (Å²) in [5.41, 5.74) is 0.00658. The zero-order chi connectivity index (χ0) is 27.9. The number of rotatable bonds is 7. The van der Waals surface area contributed by atoms with Gasteiger partial charge in [-0.15, -0.1) is 4.74 Å². The number of amides is 2. The molecule has 0 unspecified atom stereocenters. The predicted molar refractivity (Wildman–Crippen MR) is 149 cm³/mol. The summed E-state index contributed by atoms with van der Waals surface area (Å²) in [4.78, 5) is 43.7. The van der Waals surface area contributed by atoms with Crippen molar-refractivity contribution in [2.24, 2.45) is 0 Å². The molecule has 2 amide bonds. The van der Waals surface area contributed by atoms with E-state index < -0.39 is 23.2 Å². The lowest BCUT2D eigenvalue weighted by atomic mass is 9.99. The molecule has 1 saturated heterocycles. The van der Waals surface area contributed by atoms with Crippen molar-refractivity contribution in [3.05, 3.63) is 109 Å². The Bertz CT molecular complexity index is 1640. The Morgan fingerprint density at radius 2 is 1.51 bits per heavy atom. The highest BCUT2D eigenvalue weighted by molar-refractivity contribution is 6.31. The Kier molecular flexibility index (Phi) is 7.05. The summed E-state index contributed by atoms with van der Waals surface area (Å²) in [6.07, 6.45) is -0.447. The molecule has 1 aliphatic rings. The maximum atomic E-state index is 14.0. The second-order valence-electron chi connectivity index (χ2n) is 9.69. The molecule has 2 heterocycles. The van der Waals surface area contributed by atoms with E-state index in [9.17, 15) is 14.4 Å². The van der Waals surface area contributed by atoms with Crippen LogP contribution in [0.3, 0.4) is 0 Å². The summed E-state index contributed by atoms with van der Waals surface area (Å²) in [6.45, 7) is 4.01. The fourth-order valence-corrected chi connectivity index (χ4v) is 5.32. The van der Waals surface area contributed by atoms with Gasteiger partial charge in [-0.05, 0) is 74.4 Å². The quantitative estimate of drug-likeness (QED) is 0.299. The third-order valence-electron chi connectivity index (χ3n) is 6.91. The normalized spacial score (nSPS) is 16.6. The molecule has 4 aromatic rings. The van der Waals surface area contributed by atoms with Gasteiger partial charge in [0.2, 0.25) is 0 Å². The van der Waals surface area contributed by atoms with Crippen molar-refractivity contribution >= 4 is 34.9 Å². The van der Waals surface area contributed by atoms with Gasteiger partial charge in [-0.2, -0.15) is 4.57 Å². The summed E-state index contributed by atoms with van der Waals surface area (Å²) >= 11 is 12.4. The highest BCUT2D eigenvalue weighted by atomic mass is 35.5. The first kappa shape index (κ1) is 26.6. The van der Waals surface area contributed by atoms with Crippen LogP contribution >= 0.6 is 23.2 Å². The zero-order valence-corrected chi connectivity index (χ0v) is 23.0. The molecule has 0 saturated carbocycles. The van der Waals surface area contributed by atoms with E-state index in [0.29, 0.717) is 28.7 Å². The molecule has 202 valence electrons. The van der Waals surface area contributed by atoms with Gasteiger partial charge in [0.05, 0.1) is 18.3 Å². The van der Waals surface area contributed by atoms with Crippen molar-refractivity contribution in [1.82, 2.24) is 14.2 Å². The number of hydrogen-bond acceptors (Lipinski definition) is 5. The third-order valence-corrected chi connectivity index (χ3v) is 7.38. The van der Waals surface area contributed by atoms with Crippen LogP contribution in [0.15, 0.2) is 86.9 Å². The van der Waals surface area contributed by atoms with Gasteiger partial charge in [-0.1, -0.05) is 47.5 Å². The highest BCUT2D eigenvalue weighted by Gasteiger charge is 2.55. The van der Waals surface area contributed by atoms with Crippen molar-refractivity contribution in [1.29, 1.82) is 0 Å². The molecule has 0 radical (unpaired) electrons. The second kappa shape index (κ2) is 10.3. The van der Waals surface area contributed by atoms with Gasteiger partial charge >= 0.3 is 17.5 Å². The lowest BCUT2D eigenvalue weighted by Crippen LogP contribution is -2.47. The summed E-state index contributed by atoms with van der Waals surface area (Å²) in [6, 6.07) is 20.3. The van der Waals surface area contributed by atoms with Crippen LogP contribution in [0, 0.1) is 0 Å². The minimum atomic E-state index is -1.00. The van der Waals surface area contributed by atoms with Crippen molar-refractivity contribution < 1.29 is 14.1 Å². The number of benzene rings is 3. The number of anilines is 1. The number of carbonyl (C=O) groups is 1. The van der Waals surface area contributed by atoms with Gasteiger partial charge in [-0.3, -0.25) is 4.90 Å². The van der Waals surface area contributed by atoms with E-state index in [1.807, 2.05) is 38.1 Å². The summed E-state index contributed by atoms with van der Waals surface area (Å²) < 4.78 is 12.6. The van der Waals surface area contributed by atoms with Crippen LogP contribution in [-0.2, 0) is 6.42 Å². The van der Waals surface area contributed by atoms with Crippen molar-refractivity contribution in [3.8, 4) is 11.4 Å². The van der Waals surface area contributed by atoms with Crippen LogP contribution < -0.4 is 21.1 Å². The van der Waals surface area contributed by atoms with Crippen LogP contribution in [0.2, 0.25) is 10.0 Å². The van der Waals surface area contributed by atoms with Gasteiger partial charge in [0.1, 0.15) is 5.75 Å². The SMILES string of the molecule is COc1ccc(CCN2C(=O)N(c3cccc(Cl)c3)[C@@H](n3oc(=O)n(-c4cccc(Cl)c4)c3=O)C2(C)C)cc1. The number of ether oxygens (including phenoxy) is 1. The molecule has 9 nitrogen and oxygen atoms in total. The lowest BCUT2D eigenvalue weighted by molar-refractivity contribution is 0.0975. The molecule has 0 N–H and O–H groups in total. The first-order valence-corrected chi connectivity index (χ1v) is 13.0. The Labute approximate surface area is 234 Å². The van der Waals surface area contributed by atoms with Crippen molar-refractivity contribution in [2.45, 2.75) is 32.0 Å². The molecule has 11 heteroatoms. The van der Waals surface area contributed by atoms with Crippen LogP contribution in [0.4, 0.5) is 10.5 Å². The van der Waals surface area contributed by atoms with E-state index in [0.717, 1.165) is 20.6 Å². The molecule has 0 aliphatic carbocycles. The van der Waals surface area contributed by atoms with E-state index in [4.69, 9.17) is 32.5 Å². The van der Waals surface area contributed by atoms with Crippen LogP contribution in [0.1, 0.15) is 25.6 Å². The fraction of sp³-hybridized carbons (Fsp3) is 0.250. The number of methoxy groups -OCH3 is 1. The van der Waals surface area contributed by atoms with E-state index in [-0.39, 0.29) is 11.7 Å². The molecule has 1 aromatic heterocycles. The van der Waals surface area contributed by atoms with Crippen LogP contribution in [-0.4, -0.2) is 39.4 Å². The van der Waals surface area contributed by atoms with Crippen LogP contribution in [0.25, 0.3) is 5.69 Å². The highest BCUT2D eigenvalue weighted by Crippen LogP contribution is 2.42. The first-order chi connectivity index (χ1) is 18.6. The maximum Gasteiger partial charge on any atom is 0.447 e. The first-order valence-electron chi connectivity index (χ1n) is 12.2. The molecule has 1 atom stereocenters. The average molecular weight is 569 g/mol. The molecule has 5 rings (SSSR count). The predicted octanol–water partition coefficient (Wildman–Crippen LogP) is 5.37. The largest absolute Gasteiger partial charge is 0.497 e. The van der Waals surface area contributed by atoms with E-state index >= 15 is 0 Å². The Balaban J connectivity index is 1.59. The summed E-state index contributed by atoms with van der Waals surface area (Å²) in [7, 11) is 1.60. The summed E-state index contributed by atoms with van der Waals surface area (Å²) in [5.74, 6) is -0.157. The molecular formula is C28H26Cl2N4O5. The molecule has 1 fully saturated rings. The van der Waals surface area contributed by atoms with E-state index in [1.54, 1.807) is 54.5 Å². The number of urea groups is 1. The average Bonchev–Trinajstić information content (AvgIpc) is 3.30. The van der Waals surface area contributed by atoms with Gasteiger partial charge in [0.15, 0.2) is 6.17 Å². The lowest BCUT2D eigenvalue weighted by Gasteiger charge is -2.34. The molecular weight excluding hydrogens is 543 g/mol. The fourth-order valence-electron chi connectivity index (χ4n) is 4.95. The minimum Gasteiger partial charge on any atom is -0.497 e. The minimum absolute atomic E-state index is 0.257. The molecule has 3 aromatic carbocycles. The summed E-state index contributed by atoms with van der Waals surface area (Å²) in [5, 5.41) is 0.770. The topological polar surface area (TPSA) is 89.9 Å². The number of carbonyl (C=O) groups excluding carboxylic acids is 1. The maximum absolute atomic E-state index is 14.0. The van der Waals surface area contributed by atoms with Gasteiger partial charge in [0.25, 0.3) is 0 Å². The number of hydrogen-bond donors (Lipinski definition) is 0. The molecule has 0 bridgehead atoms. The molecule has 39 heavy (non-hydrogen) atoms. The van der Waals surface area contributed by atoms with Crippen molar-refractivity contribution in [3.63, 3.8) is 0 Å². The van der Waals surface area contributed by atoms with Crippen LogP contribution in [0.5, 0.6) is 5.75 Å². The number of nitrogens with zero attached hydrogens (tertiary/aromatic N) is 4. The van der Waals surface area contributed by atoms with Gasteiger partial charge in [0, 0.05) is 22.3 Å². The Hall–Kier alpha value is -3.95. The third kappa shape index (κ3) is 4.84. The number of halogens is 2. The standard InChI is InChI=1S/C28H26Cl2N4O5/c1-28(2)24(34-26(36)33(27(37)39-34)22-9-5-7-20(30)17-22)32(21-8-4-6-19(29)16-21)25(35)31(28)15-14-18-10-12-23(38-3)13-11-18/h4-13,16-17,24H,14-15H2,1-3H3/t24-/m0/s1. The Morgan fingerprint density at radius 1 is 0.897 bits per heavy atom. The van der Waals surface area contributed by atoms with Crippen molar-refractivity contribution in [2.75, 3.05) is 18.6 Å². The molecule has 0 spiro atoms. The van der Waals surface area contributed by atoms with E-state index in [1.165, 1.54) is 11.0 Å². The monoisotopic (exact) mass is 568 g/mol. The second-order valence-corrected chi connectivity index (χ2v) is 10.6. The number of aromatic nitrogens is 2. The molecule has 1 aliphatic heterocycles. The van der Waals surface area contributed by atoms with E-state index in [2.05, 4.69) is 0 Å². The Morgan fingerprint density at radius 3 is 2.13 bits per heavy atom. The smallest absolute Gasteiger partial charge is 0.447 e.